The highest BCUT2D eigenvalue weighted by atomic mass is 16.5. The molecule has 0 bridgehead atoms. The zero-order chi connectivity index (χ0) is 12.1. The van der Waals surface area contributed by atoms with Crippen molar-refractivity contribution in [3.63, 3.8) is 0 Å². The van der Waals surface area contributed by atoms with E-state index in [4.69, 9.17) is 15.2 Å². The van der Waals surface area contributed by atoms with Gasteiger partial charge in [0.1, 0.15) is 5.75 Å². The summed E-state index contributed by atoms with van der Waals surface area (Å²) < 4.78 is 11.3. The molecule has 1 aliphatic rings. The van der Waals surface area contributed by atoms with Gasteiger partial charge in [-0.25, -0.2) is 0 Å². The molecule has 94 valence electrons. The average Bonchev–Trinajstić information content (AvgIpc) is 2.89. The van der Waals surface area contributed by atoms with Gasteiger partial charge in [0.2, 0.25) is 0 Å². The molecule has 3 nitrogen and oxygen atoms in total. The van der Waals surface area contributed by atoms with Crippen LogP contribution in [0, 0.1) is 0 Å². The summed E-state index contributed by atoms with van der Waals surface area (Å²) in [7, 11) is 1.67. The maximum absolute atomic E-state index is 6.07. The summed E-state index contributed by atoms with van der Waals surface area (Å²) in [6.07, 6.45) is 5.27. The molecule has 0 aliphatic heterocycles. The Morgan fingerprint density at radius 3 is 2.76 bits per heavy atom. The van der Waals surface area contributed by atoms with Gasteiger partial charge in [0.15, 0.2) is 0 Å². The monoisotopic (exact) mass is 235 g/mol. The van der Waals surface area contributed by atoms with Crippen LogP contribution in [-0.2, 0) is 4.74 Å². The van der Waals surface area contributed by atoms with Crippen LogP contribution < -0.4 is 10.5 Å². The van der Waals surface area contributed by atoms with E-state index in [2.05, 4.69) is 6.07 Å². The zero-order valence-electron chi connectivity index (χ0n) is 10.4. The number of nitrogens with two attached hydrogens (primary N) is 1. The quantitative estimate of drug-likeness (QED) is 0.853. The predicted octanol–water partition coefficient (Wildman–Crippen LogP) is 2.65. The van der Waals surface area contributed by atoms with Crippen molar-refractivity contribution in [2.45, 2.75) is 37.9 Å². The van der Waals surface area contributed by atoms with E-state index in [1.54, 1.807) is 7.11 Å². The minimum atomic E-state index is -0.00630. The van der Waals surface area contributed by atoms with Crippen molar-refractivity contribution in [2.24, 2.45) is 5.73 Å². The Balaban J connectivity index is 2.04. The van der Waals surface area contributed by atoms with E-state index < -0.39 is 0 Å². The van der Waals surface area contributed by atoms with Gasteiger partial charge in [0, 0.05) is 6.54 Å². The number of ether oxygens (including phenoxy) is 2. The van der Waals surface area contributed by atoms with Crippen LogP contribution in [0.15, 0.2) is 24.3 Å². The molecule has 1 aromatic rings. The highest BCUT2D eigenvalue weighted by Gasteiger charge is 2.20. The molecule has 1 unspecified atom stereocenters. The fourth-order valence-electron chi connectivity index (χ4n) is 2.37. The Morgan fingerprint density at radius 1 is 1.35 bits per heavy atom. The van der Waals surface area contributed by atoms with Crippen molar-refractivity contribution in [2.75, 3.05) is 13.7 Å². The maximum atomic E-state index is 6.07. The molecular weight excluding hydrogens is 214 g/mol. The lowest BCUT2D eigenvalue weighted by atomic mass is 10.1. The first-order valence-corrected chi connectivity index (χ1v) is 6.33. The van der Waals surface area contributed by atoms with Gasteiger partial charge in [0.05, 0.1) is 19.3 Å². The van der Waals surface area contributed by atoms with Crippen molar-refractivity contribution in [1.29, 1.82) is 0 Å². The lowest BCUT2D eigenvalue weighted by molar-refractivity contribution is -0.00445. The van der Waals surface area contributed by atoms with Crippen LogP contribution in [0.25, 0.3) is 0 Å². The minimum absolute atomic E-state index is 0.00630. The van der Waals surface area contributed by atoms with E-state index >= 15 is 0 Å². The first-order valence-electron chi connectivity index (χ1n) is 6.33. The molecule has 0 spiro atoms. The van der Waals surface area contributed by atoms with Crippen molar-refractivity contribution in [1.82, 2.24) is 0 Å². The third-order valence-corrected chi connectivity index (χ3v) is 3.34. The Labute approximate surface area is 103 Å². The first-order chi connectivity index (χ1) is 8.33. The van der Waals surface area contributed by atoms with Crippen molar-refractivity contribution in [3.05, 3.63) is 29.8 Å². The number of hydrogen-bond acceptors (Lipinski definition) is 3. The number of hydrogen-bond donors (Lipinski definition) is 1. The first kappa shape index (κ1) is 12.4. The van der Waals surface area contributed by atoms with Crippen LogP contribution >= 0.6 is 0 Å². The molecule has 0 aromatic heterocycles. The van der Waals surface area contributed by atoms with Gasteiger partial charge < -0.3 is 15.2 Å². The van der Waals surface area contributed by atoms with Crippen LogP contribution in [0.4, 0.5) is 0 Å². The Bertz CT molecular complexity index is 348. The van der Waals surface area contributed by atoms with Gasteiger partial charge in [-0.1, -0.05) is 25.0 Å². The molecule has 0 amide bonds. The van der Waals surface area contributed by atoms with E-state index in [0.717, 1.165) is 11.3 Å². The van der Waals surface area contributed by atoms with Gasteiger partial charge in [-0.2, -0.15) is 0 Å². The molecule has 1 saturated carbocycles. The van der Waals surface area contributed by atoms with E-state index in [1.807, 2.05) is 18.2 Å². The molecule has 1 fully saturated rings. The van der Waals surface area contributed by atoms with Crippen molar-refractivity contribution in [3.8, 4) is 5.75 Å². The Kier molecular flexibility index (Phi) is 4.40. The van der Waals surface area contributed by atoms with Crippen LogP contribution in [-0.4, -0.2) is 19.8 Å². The van der Waals surface area contributed by atoms with Crippen LogP contribution in [0.5, 0.6) is 5.75 Å². The van der Waals surface area contributed by atoms with E-state index in [1.165, 1.54) is 25.7 Å². The lowest BCUT2D eigenvalue weighted by Gasteiger charge is -2.21. The average molecular weight is 235 g/mol. The molecule has 17 heavy (non-hydrogen) atoms. The molecule has 2 rings (SSSR count). The summed E-state index contributed by atoms with van der Waals surface area (Å²) in [5.74, 6) is 0.857. The molecule has 3 heteroatoms. The fraction of sp³-hybridized carbons (Fsp3) is 0.571. The molecule has 1 aromatic carbocycles. The topological polar surface area (TPSA) is 44.5 Å². The third kappa shape index (κ3) is 3.20. The summed E-state index contributed by atoms with van der Waals surface area (Å²) in [6.45, 7) is 0.518. The third-order valence-electron chi connectivity index (χ3n) is 3.34. The van der Waals surface area contributed by atoms with E-state index in [9.17, 15) is 0 Å². The molecule has 1 atom stereocenters. The molecule has 1 aliphatic carbocycles. The van der Waals surface area contributed by atoms with Crippen LogP contribution in [0.2, 0.25) is 0 Å². The molecular formula is C14H21NO2. The molecule has 0 radical (unpaired) electrons. The summed E-state index contributed by atoms with van der Waals surface area (Å²) in [5.41, 5.74) is 6.92. The minimum Gasteiger partial charge on any atom is -0.497 e. The Hall–Kier alpha value is -1.06. The predicted molar refractivity (Wildman–Crippen MR) is 68.1 cm³/mol. The maximum Gasteiger partial charge on any atom is 0.119 e. The second-order valence-electron chi connectivity index (χ2n) is 4.54. The second kappa shape index (κ2) is 6.03. The van der Waals surface area contributed by atoms with Crippen molar-refractivity contribution >= 4 is 0 Å². The van der Waals surface area contributed by atoms with E-state index in [0.29, 0.717) is 12.6 Å². The largest absolute Gasteiger partial charge is 0.497 e. The van der Waals surface area contributed by atoms with Gasteiger partial charge >= 0.3 is 0 Å². The molecule has 2 N–H and O–H groups in total. The standard InChI is InChI=1S/C14H21NO2/c1-16-13-8-4-5-11(9-13)14(10-15)17-12-6-2-3-7-12/h4-5,8-9,12,14H,2-3,6-7,10,15H2,1H3. The molecule has 0 heterocycles. The SMILES string of the molecule is COc1cccc(C(CN)OC2CCCC2)c1. The van der Waals surface area contributed by atoms with Crippen LogP contribution in [0.3, 0.4) is 0 Å². The number of rotatable bonds is 5. The lowest BCUT2D eigenvalue weighted by Crippen LogP contribution is -2.21. The second-order valence-corrected chi connectivity index (χ2v) is 4.54. The van der Waals surface area contributed by atoms with Crippen LogP contribution in [0.1, 0.15) is 37.4 Å². The normalized spacial score (nSPS) is 18.2. The summed E-state index contributed by atoms with van der Waals surface area (Å²) in [4.78, 5) is 0. The highest BCUT2D eigenvalue weighted by molar-refractivity contribution is 5.30. The van der Waals surface area contributed by atoms with Gasteiger partial charge in [0.25, 0.3) is 0 Å². The number of benzene rings is 1. The molecule has 0 saturated heterocycles. The Morgan fingerprint density at radius 2 is 2.12 bits per heavy atom. The van der Waals surface area contributed by atoms with E-state index in [-0.39, 0.29) is 6.10 Å². The van der Waals surface area contributed by atoms with Crippen molar-refractivity contribution < 1.29 is 9.47 Å². The summed E-state index contributed by atoms with van der Waals surface area (Å²) in [6, 6.07) is 7.98. The fourth-order valence-corrected chi connectivity index (χ4v) is 2.37. The van der Waals surface area contributed by atoms with Gasteiger partial charge in [-0.3, -0.25) is 0 Å². The summed E-state index contributed by atoms with van der Waals surface area (Å²) in [5, 5.41) is 0. The highest BCUT2D eigenvalue weighted by Crippen LogP contribution is 2.28. The van der Waals surface area contributed by atoms with Gasteiger partial charge in [-0.15, -0.1) is 0 Å². The number of methoxy groups -OCH3 is 1. The summed E-state index contributed by atoms with van der Waals surface area (Å²) >= 11 is 0. The van der Waals surface area contributed by atoms with Gasteiger partial charge in [-0.05, 0) is 30.5 Å². The zero-order valence-corrected chi connectivity index (χ0v) is 10.4. The smallest absolute Gasteiger partial charge is 0.119 e.